The second-order valence-electron chi connectivity index (χ2n) is 2.77. The van der Waals surface area contributed by atoms with E-state index in [1.165, 1.54) is 5.56 Å². The molecule has 68 valence electrons. The molecule has 13 heavy (non-hydrogen) atoms. The fourth-order valence-electron chi connectivity index (χ4n) is 1.11. The molecule has 0 amide bonds. The van der Waals surface area contributed by atoms with Crippen molar-refractivity contribution in [3.63, 3.8) is 0 Å². The Kier molecular flexibility index (Phi) is 2.74. The number of thiophene rings is 1. The van der Waals surface area contributed by atoms with Crippen LogP contribution >= 0.6 is 11.3 Å². The van der Waals surface area contributed by atoms with Gasteiger partial charge in [0.15, 0.2) is 0 Å². The Morgan fingerprint density at radius 1 is 1.46 bits per heavy atom. The van der Waals surface area contributed by atoms with Crippen molar-refractivity contribution in [2.45, 2.75) is 13.1 Å². The minimum absolute atomic E-state index is 0.794. The van der Waals surface area contributed by atoms with Crippen molar-refractivity contribution in [2.75, 3.05) is 0 Å². The van der Waals surface area contributed by atoms with Crippen molar-refractivity contribution in [1.82, 2.24) is 15.3 Å². The molecule has 2 N–H and O–H groups in total. The molecule has 0 aliphatic heterocycles. The molecule has 0 bridgehead atoms. The summed E-state index contributed by atoms with van der Waals surface area (Å²) in [4.78, 5) is 7.17. The molecule has 0 spiro atoms. The Morgan fingerprint density at radius 2 is 2.46 bits per heavy atom. The summed E-state index contributed by atoms with van der Waals surface area (Å²) in [6.45, 7) is 1.70. The molecule has 2 heterocycles. The molecular formula is C9H11N3S. The molecule has 2 aromatic heterocycles. The molecule has 0 unspecified atom stereocenters. The number of aromatic nitrogens is 2. The van der Waals surface area contributed by atoms with Gasteiger partial charge in [0.05, 0.1) is 6.54 Å². The van der Waals surface area contributed by atoms with Crippen LogP contribution in [0.4, 0.5) is 0 Å². The maximum atomic E-state index is 4.12. The standard InChI is InChI=1S/C9H11N3S/c1-4-13-7-8(1)5-10-6-9-11-2-3-12-9/h1-4,7,10H,5-6H2,(H,11,12). The largest absolute Gasteiger partial charge is 0.348 e. The maximum Gasteiger partial charge on any atom is 0.120 e. The number of nitrogens with zero attached hydrogens (tertiary/aromatic N) is 1. The predicted octanol–water partition coefficient (Wildman–Crippen LogP) is 1.76. The van der Waals surface area contributed by atoms with E-state index in [0.29, 0.717) is 0 Å². The highest BCUT2D eigenvalue weighted by atomic mass is 32.1. The van der Waals surface area contributed by atoms with E-state index in [1.807, 2.05) is 6.20 Å². The van der Waals surface area contributed by atoms with Gasteiger partial charge in [-0.05, 0) is 22.4 Å². The van der Waals surface area contributed by atoms with Gasteiger partial charge >= 0.3 is 0 Å². The van der Waals surface area contributed by atoms with Gasteiger partial charge in [0.2, 0.25) is 0 Å². The van der Waals surface area contributed by atoms with Crippen molar-refractivity contribution >= 4 is 11.3 Å². The molecule has 4 heteroatoms. The number of hydrogen-bond donors (Lipinski definition) is 2. The summed E-state index contributed by atoms with van der Waals surface area (Å²) in [6.07, 6.45) is 3.60. The SMILES string of the molecule is c1c[nH]c(CNCc2ccsc2)n1. The Morgan fingerprint density at radius 3 is 3.15 bits per heavy atom. The van der Waals surface area contributed by atoms with Crippen LogP contribution in [0.1, 0.15) is 11.4 Å². The second-order valence-corrected chi connectivity index (χ2v) is 3.55. The third-order valence-electron chi connectivity index (χ3n) is 1.76. The fourth-order valence-corrected chi connectivity index (χ4v) is 1.78. The van der Waals surface area contributed by atoms with Crippen molar-refractivity contribution in [2.24, 2.45) is 0 Å². The van der Waals surface area contributed by atoms with Crippen molar-refractivity contribution in [1.29, 1.82) is 0 Å². The summed E-state index contributed by atoms with van der Waals surface area (Å²) >= 11 is 1.72. The highest BCUT2D eigenvalue weighted by Gasteiger charge is 1.94. The molecule has 2 rings (SSSR count). The summed E-state index contributed by atoms with van der Waals surface area (Å²) in [6, 6.07) is 2.12. The van der Waals surface area contributed by atoms with E-state index in [4.69, 9.17) is 0 Å². The zero-order valence-corrected chi connectivity index (χ0v) is 7.97. The van der Waals surface area contributed by atoms with E-state index >= 15 is 0 Å². The number of H-pyrrole nitrogens is 1. The lowest BCUT2D eigenvalue weighted by molar-refractivity contribution is 0.670. The molecular weight excluding hydrogens is 182 g/mol. The smallest absolute Gasteiger partial charge is 0.120 e. The van der Waals surface area contributed by atoms with E-state index in [-0.39, 0.29) is 0 Å². The zero-order chi connectivity index (χ0) is 8.93. The van der Waals surface area contributed by atoms with E-state index in [0.717, 1.165) is 18.9 Å². The summed E-state index contributed by atoms with van der Waals surface area (Å²) in [5.41, 5.74) is 1.33. The fraction of sp³-hybridized carbons (Fsp3) is 0.222. The number of rotatable bonds is 4. The quantitative estimate of drug-likeness (QED) is 0.776. The molecule has 0 saturated carbocycles. The summed E-state index contributed by atoms with van der Waals surface area (Å²) in [5, 5.41) is 7.54. The molecule has 0 saturated heterocycles. The average Bonchev–Trinajstić information content (AvgIpc) is 2.75. The highest BCUT2D eigenvalue weighted by molar-refractivity contribution is 7.07. The van der Waals surface area contributed by atoms with Gasteiger partial charge in [0.25, 0.3) is 0 Å². The first-order valence-electron chi connectivity index (χ1n) is 4.15. The van der Waals surface area contributed by atoms with E-state index < -0.39 is 0 Å². The van der Waals surface area contributed by atoms with Crippen LogP contribution in [0, 0.1) is 0 Å². The summed E-state index contributed by atoms with van der Waals surface area (Å²) in [7, 11) is 0. The summed E-state index contributed by atoms with van der Waals surface area (Å²) in [5.74, 6) is 0.982. The Bertz CT molecular complexity index is 291. The molecule has 2 aromatic rings. The van der Waals surface area contributed by atoms with Gasteiger partial charge in [-0.15, -0.1) is 0 Å². The number of hydrogen-bond acceptors (Lipinski definition) is 3. The van der Waals surface area contributed by atoms with Crippen LogP contribution in [0.25, 0.3) is 0 Å². The highest BCUT2D eigenvalue weighted by Crippen LogP contribution is 2.04. The molecule has 0 aliphatic rings. The van der Waals surface area contributed by atoms with E-state index in [9.17, 15) is 0 Å². The molecule has 0 radical (unpaired) electrons. The van der Waals surface area contributed by atoms with Crippen LogP contribution in [-0.2, 0) is 13.1 Å². The predicted molar refractivity (Wildman–Crippen MR) is 53.5 cm³/mol. The Balaban J connectivity index is 1.76. The maximum absolute atomic E-state index is 4.12. The minimum atomic E-state index is 0.794. The van der Waals surface area contributed by atoms with Crippen molar-refractivity contribution in [3.05, 3.63) is 40.6 Å². The third-order valence-corrected chi connectivity index (χ3v) is 2.49. The number of imidazole rings is 1. The molecule has 0 aliphatic carbocycles. The number of aromatic amines is 1. The topological polar surface area (TPSA) is 40.7 Å². The summed E-state index contributed by atoms with van der Waals surface area (Å²) < 4.78 is 0. The lowest BCUT2D eigenvalue weighted by Crippen LogP contribution is -2.12. The first-order valence-corrected chi connectivity index (χ1v) is 5.09. The third kappa shape index (κ3) is 2.40. The Hall–Kier alpha value is -1.13. The average molecular weight is 193 g/mol. The van der Waals surface area contributed by atoms with Gasteiger partial charge in [-0.3, -0.25) is 0 Å². The van der Waals surface area contributed by atoms with Crippen LogP contribution in [-0.4, -0.2) is 9.97 Å². The van der Waals surface area contributed by atoms with Gasteiger partial charge in [-0.2, -0.15) is 11.3 Å². The lowest BCUT2D eigenvalue weighted by Gasteiger charge is -1.99. The van der Waals surface area contributed by atoms with E-state index in [2.05, 4.69) is 32.1 Å². The lowest BCUT2D eigenvalue weighted by atomic mass is 10.3. The van der Waals surface area contributed by atoms with Gasteiger partial charge in [0, 0.05) is 18.9 Å². The molecule has 3 nitrogen and oxygen atoms in total. The molecule has 0 atom stereocenters. The minimum Gasteiger partial charge on any atom is -0.348 e. The Labute approximate surface area is 80.8 Å². The van der Waals surface area contributed by atoms with Crippen molar-refractivity contribution in [3.8, 4) is 0 Å². The van der Waals surface area contributed by atoms with Gasteiger partial charge in [0.1, 0.15) is 5.82 Å². The van der Waals surface area contributed by atoms with Gasteiger partial charge in [-0.1, -0.05) is 0 Å². The number of nitrogens with one attached hydrogen (secondary N) is 2. The normalized spacial score (nSPS) is 10.5. The first-order chi connectivity index (χ1) is 6.45. The van der Waals surface area contributed by atoms with Crippen LogP contribution in [0.5, 0.6) is 0 Å². The zero-order valence-electron chi connectivity index (χ0n) is 7.16. The van der Waals surface area contributed by atoms with Gasteiger partial charge in [-0.25, -0.2) is 4.98 Å². The van der Waals surface area contributed by atoms with Crippen LogP contribution in [0.3, 0.4) is 0 Å². The second kappa shape index (κ2) is 4.20. The molecule has 0 aromatic carbocycles. The monoisotopic (exact) mass is 193 g/mol. The van der Waals surface area contributed by atoms with Gasteiger partial charge < -0.3 is 10.3 Å². The molecule has 0 fully saturated rings. The van der Waals surface area contributed by atoms with Crippen LogP contribution < -0.4 is 5.32 Å². The van der Waals surface area contributed by atoms with E-state index in [1.54, 1.807) is 17.5 Å². The van der Waals surface area contributed by atoms with Crippen molar-refractivity contribution < 1.29 is 0 Å². The van der Waals surface area contributed by atoms with Crippen LogP contribution in [0.15, 0.2) is 29.2 Å². The van der Waals surface area contributed by atoms with Crippen LogP contribution in [0.2, 0.25) is 0 Å². The first kappa shape index (κ1) is 8.47.